The van der Waals surface area contributed by atoms with Crippen molar-refractivity contribution in [1.82, 2.24) is 0 Å². The van der Waals surface area contributed by atoms with Crippen molar-refractivity contribution in [3.8, 4) is 11.1 Å². The van der Waals surface area contributed by atoms with E-state index in [0.29, 0.717) is 0 Å². The number of aryl methyl sites for hydroxylation is 4. The predicted octanol–water partition coefficient (Wildman–Crippen LogP) is 5.46. The van der Waals surface area contributed by atoms with Gasteiger partial charge in [-0.05, 0) is 85.5 Å². The van der Waals surface area contributed by atoms with Gasteiger partial charge in [0.25, 0.3) is 0 Å². The Labute approximate surface area is 117 Å². The van der Waals surface area contributed by atoms with Crippen molar-refractivity contribution in [3.63, 3.8) is 0 Å². The summed E-state index contributed by atoms with van der Waals surface area (Å²) < 4.78 is 0. The van der Waals surface area contributed by atoms with Crippen molar-refractivity contribution in [2.75, 3.05) is 0 Å². The fourth-order valence-electron chi connectivity index (χ4n) is 2.67. The Hall–Kier alpha value is -1.56. The summed E-state index contributed by atoms with van der Waals surface area (Å²) in [5, 5.41) is 0. The molecule has 0 N–H and O–H groups in total. The molecule has 0 amide bonds. The van der Waals surface area contributed by atoms with Crippen LogP contribution < -0.4 is 0 Å². The van der Waals surface area contributed by atoms with Gasteiger partial charge in [0, 0.05) is 0 Å². The molecule has 0 unspecified atom stereocenters. The fourth-order valence-corrected chi connectivity index (χ4v) is 2.67. The number of rotatable bonds is 2. The van der Waals surface area contributed by atoms with Crippen molar-refractivity contribution < 1.29 is 0 Å². The standard InChI is InChI=1S/C19H24/c1-7-17-11-19(10-14(4)16(17)6)18-8-12(2)15(5)13(3)9-18/h8-11H,7H2,1-6H3. The quantitative estimate of drug-likeness (QED) is 0.666. The fraction of sp³-hybridized carbons (Fsp3) is 0.368. The van der Waals surface area contributed by atoms with Crippen LogP contribution in [0, 0.1) is 34.6 Å². The number of hydrogen-bond donors (Lipinski definition) is 0. The molecule has 0 saturated heterocycles. The molecular weight excluding hydrogens is 228 g/mol. The Morgan fingerprint density at radius 1 is 0.632 bits per heavy atom. The molecule has 0 fully saturated rings. The minimum Gasteiger partial charge on any atom is -0.0613 e. The highest BCUT2D eigenvalue weighted by Crippen LogP contribution is 2.28. The number of hydrogen-bond acceptors (Lipinski definition) is 0. The second-order valence-electron chi connectivity index (χ2n) is 5.67. The van der Waals surface area contributed by atoms with Gasteiger partial charge in [-0.1, -0.05) is 31.2 Å². The van der Waals surface area contributed by atoms with Crippen LogP contribution >= 0.6 is 0 Å². The van der Waals surface area contributed by atoms with E-state index in [1.165, 1.54) is 44.5 Å². The molecule has 0 aliphatic rings. The molecule has 0 aromatic heterocycles. The molecule has 0 heterocycles. The minimum atomic E-state index is 1.10. The monoisotopic (exact) mass is 252 g/mol. The maximum atomic E-state index is 2.35. The van der Waals surface area contributed by atoms with Gasteiger partial charge in [0.1, 0.15) is 0 Å². The van der Waals surface area contributed by atoms with Crippen molar-refractivity contribution in [1.29, 1.82) is 0 Å². The Bertz CT molecular complexity index is 595. The van der Waals surface area contributed by atoms with Crippen LogP contribution in [0.2, 0.25) is 0 Å². The van der Waals surface area contributed by atoms with Gasteiger partial charge in [-0.3, -0.25) is 0 Å². The van der Waals surface area contributed by atoms with Crippen LogP contribution in [0.4, 0.5) is 0 Å². The SMILES string of the molecule is CCc1cc(-c2cc(C)c(C)c(C)c2)cc(C)c1C. The Morgan fingerprint density at radius 3 is 1.53 bits per heavy atom. The zero-order valence-electron chi connectivity index (χ0n) is 13.0. The molecule has 2 rings (SSSR count). The minimum absolute atomic E-state index is 1.10. The van der Waals surface area contributed by atoms with Gasteiger partial charge < -0.3 is 0 Å². The first-order valence-corrected chi connectivity index (χ1v) is 7.12. The van der Waals surface area contributed by atoms with E-state index >= 15 is 0 Å². The van der Waals surface area contributed by atoms with Gasteiger partial charge >= 0.3 is 0 Å². The highest BCUT2D eigenvalue weighted by atomic mass is 14.1. The van der Waals surface area contributed by atoms with E-state index in [0.717, 1.165) is 6.42 Å². The Kier molecular flexibility index (Phi) is 3.80. The van der Waals surface area contributed by atoms with E-state index < -0.39 is 0 Å². The van der Waals surface area contributed by atoms with Crippen molar-refractivity contribution in [2.24, 2.45) is 0 Å². The third-order valence-corrected chi connectivity index (χ3v) is 4.42. The average molecular weight is 252 g/mol. The van der Waals surface area contributed by atoms with Crippen LogP contribution in [0.1, 0.15) is 40.3 Å². The van der Waals surface area contributed by atoms with Gasteiger partial charge in [0.05, 0.1) is 0 Å². The normalized spacial score (nSPS) is 10.8. The van der Waals surface area contributed by atoms with E-state index in [4.69, 9.17) is 0 Å². The molecule has 2 aromatic carbocycles. The van der Waals surface area contributed by atoms with Gasteiger partial charge in [-0.15, -0.1) is 0 Å². The first-order valence-electron chi connectivity index (χ1n) is 7.12. The molecule has 0 saturated carbocycles. The topological polar surface area (TPSA) is 0 Å². The van der Waals surface area contributed by atoms with Crippen LogP contribution in [0.5, 0.6) is 0 Å². The molecule has 0 heteroatoms. The van der Waals surface area contributed by atoms with Crippen LogP contribution in [0.15, 0.2) is 24.3 Å². The zero-order chi connectivity index (χ0) is 14.2. The van der Waals surface area contributed by atoms with E-state index in [1.807, 2.05) is 0 Å². The lowest BCUT2D eigenvalue weighted by molar-refractivity contribution is 1.09. The van der Waals surface area contributed by atoms with Crippen LogP contribution in [0.25, 0.3) is 11.1 Å². The largest absolute Gasteiger partial charge is 0.0613 e. The summed E-state index contributed by atoms with van der Waals surface area (Å²) in [5.74, 6) is 0. The van der Waals surface area contributed by atoms with Crippen molar-refractivity contribution >= 4 is 0 Å². The second-order valence-corrected chi connectivity index (χ2v) is 5.67. The van der Waals surface area contributed by atoms with Crippen LogP contribution in [0.3, 0.4) is 0 Å². The highest BCUT2D eigenvalue weighted by Gasteiger charge is 2.07. The summed E-state index contributed by atoms with van der Waals surface area (Å²) in [4.78, 5) is 0. The Morgan fingerprint density at radius 2 is 1.05 bits per heavy atom. The smallest absolute Gasteiger partial charge is 0.0178 e. The molecule has 0 bridgehead atoms. The van der Waals surface area contributed by atoms with E-state index in [2.05, 4.69) is 65.8 Å². The number of benzene rings is 2. The first-order chi connectivity index (χ1) is 8.93. The summed E-state index contributed by atoms with van der Waals surface area (Å²) in [5.41, 5.74) is 11.2. The molecule has 19 heavy (non-hydrogen) atoms. The summed E-state index contributed by atoms with van der Waals surface area (Å²) in [6, 6.07) is 9.29. The lowest BCUT2D eigenvalue weighted by Gasteiger charge is -2.13. The summed E-state index contributed by atoms with van der Waals surface area (Å²) in [7, 11) is 0. The summed E-state index contributed by atoms with van der Waals surface area (Å²) in [6.07, 6.45) is 1.10. The van der Waals surface area contributed by atoms with Crippen molar-refractivity contribution in [2.45, 2.75) is 48.0 Å². The molecule has 0 nitrogen and oxygen atoms in total. The van der Waals surface area contributed by atoms with Crippen molar-refractivity contribution in [3.05, 3.63) is 57.6 Å². The average Bonchev–Trinajstić information content (AvgIpc) is 2.38. The molecule has 100 valence electrons. The third-order valence-electron chi connectivity index (χ3n) is 4.42. The van der Waals surface area contributed by atoms with Gasteiger partial charge in [-0.2, -0.15) is 0 Å². The predicted molar refractivity (Wildman–Crippen MR) is 84.9 cm³/mol. The Balaban J connectivity index is 2.62. The molecule has 2 aromatic rings. The van der Waals surface area contributed by atoms with E-state index in [-0.39, 0.29) is 0 Å². The molecule has 0 aliphatic carbocycles. The van der Waals surface area contributed by atoms with Crippen LogP contribution in [-0.2, 0) is 6.42 Å². The molecule has 0 atom stereocenters. The van der Waals surface area contributed by atoms with E-state index in [9.17, 15) is 0 Å². The molecule has 0 aliphatic heterocycles. The lowest BCUT2D eigenvalue weighted by atomic mass is 9.92. The maximum Gasteiger partial charge on any atom is -0.0178 e. The highest BCUT2D eigenvalue weighted by molar-refractivity contribution is 5.68. The third kappa shape index (κ3) is 2.58. The van der Waals surface area contributed by atoms with E-state index in [1.54, 1.807) is 0 Å². The molecule has 0 spiro atoms. The van der Waals surface area contributed by atoms with Crippen LogP contribution in [-0.4, -0.2) is 0 Å². The molecular formula is C19H24. The van der Waals surface area contributed by atoms with Gasteiger partial charge in [0.15, 0.2) is 0 Å². The first kappa shape index (κ1) is 13.9. The zero-order valence-corrected chi connectivity index (χ0v) is 13.0. The van der Waals surface area contributed by atoms with Gasteiger partial charge in [-0.25, -0.2) is 0 Å². The second kappa shape index (κ2) is 5.21. The molecule has 0 radical (unpaired) electrons. The van der Waals surface area contributed by atoms with Gasteiger partial charge in [0.2, 0.25) is 0 Å². The maximum absolute atomic E-state index is 2.35. The summed E-state index contributed by atoms with van der Waals surface area (Å²) >= 11 is 0. The summed E-state index contributed by atoms with van der Waals surface area (Å²) in [6.45, 7) is 13.3. The lowest BCUT2D eigenvalue weighted by Crippen LogP contribution is -1.94.